The highest BCUT2D eigenvalue weighted by molar-refractivity contribution is 6.05. The molecule has 0 saturated carbocycles. The number of nitrogens with one attached hydrogen (secondary N) is 1. The highest BCUT2D eigenvalue weighted by atomic mass is 16.5. The van der Waals surface area contributed by atoms with E-state index in [9.17, 15) is 9.59 Å². The van der Waals surface area contributed by atoms with Gasteiger partial charge in [0, 0.05) is 23.1 Å². The molecule has 0 spiro atoms. The Kier molecular flexibility index (Phi) is 5.30. The number of hydrogen-bond acceptors (Lipinski definition) is 4. The average molecular weight is 367 g/mol. The number of aryl methyl sites for hydroxylation is 1. The highest BCUT2D eigenvalue weighted by Crippen LogP contribution is 2.21. The van der Waals surface area contributed by atoms with Gasteiger partial charge in [-0.25, -0.2) is 0 Å². The lowest BCUT2D eigenvalue weighted by Crippen LogP contribution is -2.20. The quantitative estimate of drug-likeness (QED) is 0.671. The summed E-state index contributed by atoms with van der Waals surface area (Å²) in [6.45, 7) is 4.20. The van der Waals surface area contributed by atoms with E-state index in [1.807, 2.05) is 36.6 Å². The molecule has 3 rings (SSSR count). The summed E-state index contributed by atoms with van der Waals surface area (Å²) in [5.74, 6) is 0.493. The summed E-state index contributed by atoms with van der Waals surface area (Å²) in [6.07, 6.45) is 1.63. The first-order valence-electron chi connectivity index (χ1n) is 8.45. The van der Waals surface area contributed by atoms with Gasteiger partial charge in [-0.2, -0.15) is 0 Å². The Balaban J connectivity index is 1.75. The standard InChI is InChI=1S/C20H21N3O4/c1-13-9-18(14(2)23(13)11-17-7-4-8-26-17)20(25)22-15-5-3-6-16(10-15)27-12-19(21)24/h3-10H,11-12H2,1-2H3,(H2,21,24)(H,22,25). The number of furan rings is 1. The van der Waals surface area contributed by atoms with Crippen molar-refractivity contribution < 1.29 is 18.7 Å². The van der Waals surface area contributed by atoms with Gasteiger partial charge >= 0.3 is 0 Å². The molecule has 3 aromatic rings. The normalized spacial score (nSPS) is 10.6. The molecule has 0 saturated heterocycles. The van der Waals surface area contributed by atoms with E-state index >= 15 is 0 Å². The lowest BCUT2D eigenvalue weighted by atomic mass is 10.2. The lowest BCUT2D eigenvalue weighted by molar-refractivity contribution is -0.119. The largest absolute Gasteiger partial charge is 0.484 e. The van der Waals surface area contributed by atoms with Gasteiger partial charge in [-0.15, -0.1) is 0 Å². The first-order valence-corrected chi connectivity index (χ1v) is 8.45. The third-order valence-corrected chi connectivity index (χ3v) is 4.19. The summed E-state index contributed by atoms with van der Waals surface area (Å²) in [6, 6.07) is 12.4. The molecular weight excluding hydrogens is 346 g/mol. The minimum atomic E-state index is -0.562. The van der Waals surface area contributed by atoms with E-state index in [1.54, 1.807) is 30.5 Å². The van der Waals surface area contributed by atoms with E-state index in [-0.39, 0.29) is 12.5 Å². The van der Waals surface area contributed by atoms with E-state index in [0.717, 1.165) is 17.1 Å². The van der Waals surface area contributed by atoms with Gasteiger partial charge in [-0.05, 0) is 44.2 Å². The van der Waals surface area contributed by atoms with Crippen molar-refractivity contribution in [2.24, 2.45) is 5.73 Å². The summed E-state index contributed by atoms with van der Waals surface area (Å²) in [7, 11) is 0. The second-order valence-corrected chi connectivity index (χ2v) is 6.19. The van der Waals surface area contributed by atoms with Crippen molar-refractivity contribution >= 4 is 17.5 Å². The molecule has 0 aliphatic rings. The van der Waals surface area contributed by atoms with E-state index in [0.29, 0.717) is 23.5 Å². The number of amides is 2. The molecule has 27 heavy (non-hydrogen) atoms. The second-order valence-electron chi connectivity index (χ2n) is 6.19. The third-order valence-electron chi connectivity index (χ3n) is 4.19. The van der Waals surface area contributed by atoms with Crippen molar-refractivity contribution in [3.05, 3.63) is 71.4 Å². The Hall–Kier alpha value is -3.48. The minimum absolute atomic E-state index is 0.217. The van der Waals surface area contributed by atoms with Crippen LogP contribution < -0.4 is 15.8 Å². The number of nitrogens with zero attached hydrogens (tertiary/aromatic N) is 1. The number of hydrogen-bond donors (Lipinski definition) is 2. The zero-order valence-corrected chi connectivity index (χ0v) is 15.2. The maximum Gasteiger partial charge on any atom is 0.257 e. The fraction of sp³-hybridized carbons (Fsp3) is 0.200. The Morgan fingerprint density at radius 1 is 1.19 bits per heavy atom. The minimum Gasteiger partial charge on any atom is -0.484 e. The van der Waals surface area contributed by atoms with Gasteiger partial charge < -0.3 is 24.8 Å². The molecule has 7 heteroatoms. The van der Waals surface area contributed by atoms with Gasteiger partial charge in [-0.1, -0.05) is 6.07 Å². The van der Waals surface area contributed by atoms with E-state index in [1.165, 1.54) is 0 Å². The van der Waals surface area contributed by atoms with Gasteiger partial charge in [0.2, 0.25) is 0 Å². The Bertz CT molecular complexity index is 958. The SMILES string of the molecule is Cc1cc(C(=O)Nc2cccc(OCC(N)=O)c2)c(C)n1Cc1ccco1. The molecule has 2 aromatic heterocycles. The number of carbonyl (C=O) groups excluding carboxylic acids is 2. The average Bonchev–Trinajstić information content (AvgIpc) is 3.24. The van der Waals surface area contributed by atoms with E-state index < -0.39 is 5.91 Å². The maximum absolute atomic E-state index is 12.7. The van der Waals surface area contributed by atoms with Crippen LogP contribution >= 0.6 is 0 Å². The molecule has 0 fully saturated rings. The van der Waals surface area contributed by atoms with Gasteiger partial charge in [0.25, 0.3) is 11.8 Å². The number of carbonyl (C=O) groups is 2. The van der Waals surface area contributed by atoms with Gasteiger partial charge in [0.15, 0.2) is 6.61 Å². The number of benzene rings is 1. The molecule has 2 amide bonds. The van der Waals surface area contributed by atoms with E-state index in [2.05, 4.69) is 5.32 Å². The van der Waals surface area contributed by atoms with Crippen molar-refractivity contribution in [1.29, 1.82) is 0 Å². The molecule has 0 aliphatic carbocycles. The predicted molar refractivity (Wildman–Crippen MR) is 101 cm³/mol. The Labute approximate surface area is 156 Å². The molecule has 0 unspecified atom stereocenters. The molecule has 0 aliphatic heterocycles. The topological polar surface area (TPSA) is 99.5 Å². The van der Waals surface area contributed by atoms with Gasteiger partial charge in [0.05, 0.1) is 18.4 Å². The molecule has 1 aromatic carbocycles. The highest BCUT2D eigenvalue weighted by Gasteiger charge is 2.17. The summed E-state index contributed by atoms with van der Waals surface area (Å²) in [5, 5.41) is 2.85. The monoisotopic (exact) mass is 367 g/mol. The van der Waals surface area contributed by atoms with Crippen molar-refractivity contribution in [1.82, 2.24) is 4.57 Å². The summed E-state index contributed by atoms with van der Waals surface area (Å²) >= 11 is 0. The third kappa shape index (κ3) is 4.38. The van der Waals surface area contributed by atoms with Crippen molar-refractivity contribution in [3.8, 4) is 5.75 Å². The molecule has 2 heterocycles. The van der Waals surface area contributed by atoms with Crippen LogP contribution in [0.1, 0.15) is 27.5 Å². The van der Waals surface area contributed by atoms with Crippen LogP contribution in [0.25, 0.3) is 0 Å². The molecule has 0 atom stereocenters. The van der Waals surface area contributed by atoms with Crippen LogP contribution in [0, 0.1) is 13.8 Å². The molecule has 7 nitrogen and oxygen atoms in total. The maximum atomic E-state index is 12.7. The first kappa shape index (κ1) is 18.3. The molecule has 140 valence electrons. The molecule has 0 radical (unpaired) electrons. The lowest BCUT2D eigenvalue weighted by Gasteiger charge is -2.09. The number of rotatable bonds is 7. The fourth-order valence-electron chi connectivity index (χ4n) is 2.85. The summed E-state index contributed by atoms with van der Waals surface area (Å²) < 4.78 is 12.7. The van der Waals surface area contributed by atoms with Crippen LogP contribution in [0.3, 0.4) is 0 Å². The first-order chi connectivity index (χ1) is 12.9. The summed E-state index contributed by atoms with van der Waals surface area (Å²) in [4.78, 5) is 23.5. The predicted octanol–water partition coefficient (Wildman–Crippen LogP) is 2.86. The van der Waals surface area contributed by atoms with Crippen LogP contribution in [-0.4, -0.2) is 23.0 Å². The van der Waals surface area contributed by atoms with Crippen molar-refractivity contribution in [2.45, 2.75) is 20.4 Å². The van der Waals surface area contributed by atoms with Gasteiger partial charge in [-0.3, -0.25) is 9.59 Å². The fourth-order valence-corrected chi connectivity index (χ4v) is 2.85. The number of nitrogens with two attached hydrogens (primary N) is 1. The summed E-state index contributed by atoms with van der Waals surface area (Å²) in [5.41, 5.74) is 8.04. The van der Waals surface area contributed by atoms with Gasteiger partial charge in [0.1, 0.15) is 11.5 Å². The molecule has 3 N–H and O–H groups in total. The van der Waals surface area contributed by atoms with Crippen LogP contribution in [0.15, 0.2) is 53.1 Å². The molecule has 0 bridgehead atoms. The Morgan fingerprint density at radius 2 is 2.00 bits per heavy atom. The van der Waals surface area contributed by atoms with E-state index in [4.69, 9.17) is 14.9 Å². The number of aromatic nitrogens is 1. The molecular formula is C20H21N3O4. The second kappa shape index (κ2) is 7.82. The zero-order valence-electron chi connectivity index (χ0n) is 15.2. The number of ether oxygens (including phenoxy) is 1. The van der Waals surface area contributed by atoms with Crippen LogP contribution in [-0.2, 0) is 11.3 Å². The zero-order chi connectivity index (χ0) is 19.4. The van der Waals surface area contributed by atoms with Crippen molar-refractivity contribution in [3.63, 3.8) is 0 Å². The van der Waals surface area contributed by atoms with Crippen LogP contribution in [0.4, 0.5) is 5.69 Å². The van der Waals surface area contributed by atoms with Crippen LogP contribution in [0.2, 0.25) is 0 Å². The smallest absolute Gasteiger partial charge is 0.257 e. The number of primary amides is 1. The van der Waals surface area contributed by atoms with Crippen LogP contribution in [0.5, 0.6) is 5.75 Å². The Morgan fingerprint density at radius 3 is 2.70 bits per heavy atom. The van der Waals surface area contributed by atoms with Crippen molar-refractivity contribution in [2.75, 3.05) is 11.9 Å². The number of anilines is 1.